The molecule has 0 aliphatic rings. The summed E-state index contributed by atoms with van der Waals surface area (Å²) in [5.74, 6) is 1.34. The third-order valence-corrected chi connectivity index (χ3v) is 3.72. The molecule has 4 nitrogen and oxygen atoms in total. The molecule has 5 heteroatoms. The van der Waals surface area contributed by atoms with Crippen molar-refractivity contribution in [2.75, 3.05) is 12.4 Å². The Morgan fingerprint density at radius 1 is 1.17 bits per heavy atom. The van der Waals surface area contributed by atoms with Crippen molar-refractivity contribution in [1.82, 2.24) is 9.55 Å². The second-order valence-corrected chi connectivity index (χ2v) is 5.24. The zero-order valence-electron chi connectivity index (χ0n) is 13.1. The Labute approximate surface area is 134 Å². The minimum absolute atomic E-state index is 0.231. The number of aromatic nitrogens is 2. The molecule has 118 valence electrons. The largest absolute Gasteiger partial charge is 0.497 e. The quantitative estimate of drug-likeness (QED) is 0.778. The molecule has 3 aromatic rings. The molecule has 0 spiro atoms. The highest BCUT2D eigenvalue weighted by Gasteiger charge is 2.09. The third kappa shape index (κ3) is 3.34. The number of ether oxygens (including phenoxy) is 1. The topological polar surface area (TPSA) is 39.1 Å². The van der Waals surface area contributed by atoms with Crippen molar-refractivity contribution in [3.8, 4) is 17.0 Å². The fourth-order valence-corrected chi connectivity index (χ4v) is 2.41. The van der Waals surface area contributed by atoms with Crippen LogP contribution in [0.2, 0.25) is 0 Å². The minimum atomic E-state index is -0.231. The van der Waals surface area contributed by atoms with E-state index in [1.807, 2.05) is 42.1 Å². The molecular weight excluding hydrogens is 293 g/mol. The number of benzene rings is 2. The smallest absolute Gasteiger partial charge is 0.203 e. The lowest BCUT2D eigenvalue weighted by atomic mass is 10.1. The molecule has 0 bridgehead atoms. The number of hydrogen-bond acceptors (Lipinski definition) is 3. The van der Waals surface area contributed by atoms with Gasteiger partial charge in [0.05, 0.1) is 19.0 Å². The summed E-state index contributed by atoms with van der Waals surface area (Å²) in [6.45, 7) is 0.586. The van der Waals surface area contributed by atoms with Gasteiger partial charge in [0, 0.05) is 19.2 Å². The maximum atomic E-state index is 12.9. The molecule has 23 heavy (non-hydrogen) atoms. The van der Waals surface area contributed by atoms with E-state index in [2.05, 4.69) is 10.3 Å². The van der Waals surface area contributed by atoms with Crippen LogP contribution in [0.4, 0.5) is 10.3 Å². The van der Waals surface area contributed by atoms with Crippen LogP contribution in [-0.2, 0) is 13.6 Å². The lowest BCUT2D eigenvalue weighted by molar-refractivity contribution is 0.415. The summed E-state index contributed by atoms with van der Waals surface area (Å²) in [6.07, 6.45) is 1.82. The van der Waals surface area contributed by atoms with Crippen LogP contribution in [0.15, 0.2) is 54.7 Å². The molecule has 1 aromatic heterocycles. The number of nitrogens with zero attached hydrogens (tertiary/aromatic N) is 2. The average molecular weight is 311 g/mol. The lowest BCUT2D eigenvalue weighted by Gasteiger charge is -2.09. The minimum Gasteiger partial charge on any atom is -0.497 e. The van der Waals surface area contributed by atoms with E-state index in [1.54, 1.807) is 19.2 Å². The highest BCUT2D eigenvalue weighted by Crippen LogP contribution is 2.25. The Balaban J connectivity index is 1.77. The van der Waals surface area contributed by atoms with Crippen molar-refractivity contribution in [1.29, 1.82) is 0 Å². The summed E-state index contributed by atoms with van der Waals surface area (Å²) in [5, 5.41) is 3.27. The first-order valence-electron chi connectivity index (χ1n) is 7.32. The van der Waals surface area contributed by atoms with Crippen LogP contribution in [0, 0.1) is 5.82 Å². The molecule has 2 aromatic carbocycles. The van der Waals surface area contributed by atoms with Gasteiger partial charge < -0.3 is 14.6 Å². The summed E-state index contributed by atoms with van der Waals surface area (Å²) in [6, 6.07) is 14.3. The first-order chi connectivity index (χ1) is 11.2. The standard InChI is InChI=1S/C18H18FN3O/c1-22-17(14-4-3-5-16(10-14)23-2)12-21-18(22)20-11-13-6-8-15(19)9-7-13/h3-10,12H,11H2,1-2H3,(H,20,21). The van der Waals surface area contributed by atoms with Crippen LogP contribution in [0.1, 0.15) is 5.56 Å². The van der Waals surface area contributed by atoms with Crippen LogP contribution >= 0.6 is 0 Å². The summed E-state index contributed by atoms with van der Waals surface area (Å²) >= 11 is 0. The number of halogens is 1. The van der Waals surface area contributed by atoms with Gasteiger partial charge in [-0.25, -0.2) is 9.37 Å². The monoisotopic (exact) mass is 311 g/mol. The predicted molar refractivity (Wildman–Crippen MR) is 88.9 cm³/mol. The Morgan fingerprint density at radius 2 is 1.96 bits per heavy atom. The lowest BCUT2D eigenvalue weighted by Crippen LogP contribution is -2.05. The van der Waals surface area contributed by atoms with Crippen LogP contribution < -0.4 is 10.1 Å². The van der Waals surface area contributed by atoms with Gasteiger partial charge >= 0.3 is 0 Å². The Kier molecular flexibility index (Phi) is 4.28. The van der Waals surface area contributed by atoms with Gasteiger partial charge in [-0.05, 0) is 29.8 Å². The summed E-state index contributed by atoms with van der Waals surface area (Å²) in [7, 11) is 3.60. The van der Waals surface area contributed by atoms with Gasteiger partial charge in [0.1, 0.15) is 11.6 Å². The molecule has 0 amide bonds. The van der Waals surface area contributed by atoms with Crippen LogP contribution in [0.5, 0.6) is 5.75 Å². The Morgan fingerprint density at radius 3 is 2.70 bits per heavy atom. The molecule has 0 saturated carbocycles. The number of nitrogens with one attached hydrogen (secondary N) is 1. The second-order valence-electron chi connectivity index (χ2n) is 5.24. The fraction of sp³-hybridized carbons (Fsp3) is 0.167. The van der Waals surface area contributed by atoms with Crippen LogP contribution in [0.25, 0.3) is 11.3 Å². The van der Waals surface area contributed by atoms with Crippen molar-refractivity contribution in [2.24, 2.45) is 7.05 Å². The van der Waals surface area contributed by atoms with Gasteiger partial charge in [-0.2, -0.15) is 0 Å². The van der Waals surface area contributed by atoms with Crippen molar-refractivity contribution in [2.45, 2.75) is 6.54 Å². The summed E-state index contributed by atoms with van der Waals surface area (Å²) < 4.78 is 20.2. The molecule has 0 atom stereocenters. The molecule has 0 aliphatic heterocycles. The summed E-state index contributed by atoms with van der Waals surface area (Å²) in [4.78, 5) is 4.42. The van der Waals surface area contributed by atoms with Gasteiger partial charge in [0.25, 0.3) is 0 Å². The van der Waals surface area contributed by atoms with E-state index in [9.17, 15) is 4.39 Å². The molecule has 0 radical (unpaired) electrons. The highest BCUT2D eigenvalue weighted by molar-refractivity contribution is 5.63. The number of methoxy groups -OCH3 is 1. The van der Waals surface area contributed by atoms with Gasteiger partial charge in [0.2, 0.25) is 5.95 Å². The van der Waals surface area contributed by atoms with E-state index < -0.39 is 0 Å². The van der Waals surface area contributed by atoms with E-state index >= 15 is 0 Å². The zero-order valence-corrected chi connectivity index (χ0v) is 13.1. The van der Waals surface area contributed by atoms with Gasteiger partial charge in [-0.3, -0.25) is 0 Å². The molecule has 0 saturated heterocycles. The number of hydrogen-bond donors (Lipinski definition) is 1. The van der Waals surface area contributed by atoms with E-state index in [-0.39, 0.29) is 5.82 Å². The van der Waals surface area contributed by atoms with Crippen molar-refractivity contribution in [3.05, 3.63) is 66.1 Å². The van der Waals surface area contributed by atoms with Crippen molar-refractivity contribution in [3.63, 3.8) is 0 Å². The molecule has 0 fully saturated rings. The Bertz CT molecular complexity index is 796. The Hall–Kier alpha value is -2.82. The molecule has 0 aliphatic carbocycles. The number of rotatable bonds is 5. The summed E-state index contributed by atoms with van der Waals surface area (Å²) in [5.41, 5.74) is 3.03. The van der Waals surface area contributed by atoms with Gasteiger partial charge in [-0.1, -0.05) is 24.3 Å². The first-order valence-corrected chi connectivity index (χ1v) is 7.32. The maximum Gasteiger partial charge on any atom is 0.203 e. The van der Waals surface area contributed by atoms with Gasteiger partial charge in [0.15, 0.2) is 0 Å². The number of imidazole rings is 1. The molecule has 0 unspecified atom stereocenters. The second kappa shape index (κ2) is 6.52. The van der Waals surface area contributed by atoms with Crippen LogP contribution in [-0.4, -0.2) is 16.7 Å². The molecule has 1 heterocycles. The number of anilines is 1. The molecule has 1 N–H and O–H groups in total. The SMILES string of the molecule is COc1cccc(-c2cnc(NCc3ccc(F)cc3)n2C)c1. The van der Waals surface area contributed by atoms with Crippen LogP contribution in [0.3, 0.4) is 0 Å². The zero-order chi connectivity index (χ0) is 16.2. The highest BCUT2D eigenvalue weighted by atomic mass is 19.1. The molecular formula is C18H18FN3O. The van der Waals surface area contributed by atoms with E-state index in [4.69, 9.17) is 4.74 Å². The molecule has 3 rings (SSSR count). The first kappa shape index (κ1) is 15.1. The van der Waals surface area contributed by atoms with Crippen molar-refractivity contribution >= 4 is 5.95 Å². The normalized spacial score (nSPS) is 10.6. The maximum absolute atomic E-state index is 12.9. The van der Waals surface area contributed by atoms with E-state index in [1.165, 1.54) is 12.1 Å². The van der Waals surface area contributed by atoms with Crippen molar-refractivity contribution < 1.29 is 9.13 Å². The average Bonchev–Trinajstić information content (AvgIpc) is 2.95. The van der Waals surface area contributed by atoms with Gasteiger partial charge in [-0.15, -0.1) is 0 Å². The van der Waals surface area contributed by atoms with E-state index in [0.29, 0.717) is 6.54 Å². The predicted octanol–water partition coefficient (Wildman–Crippen LogP) is 3.85. The fourth-order valence-electron chi connectivity index (χ4n) is 2.41. The third-order valence-electron chi connectivity index (χ3n) is 3.72. The van der Waals surface area contributed by atoms with E-state index in [0.717, 1.165) is 28.5 Å².